The molecular weight excluding hydrogens is 322 g/mol. The van der Waals surface area contributed by atoms with Gasteiger partial charge >= 0.3 is 0 Å². The van der Waals surface area contributed by atoms with Gasteiger partial charge in [-0.05, 0) is 35.5 Å². The lowest BCUT2D eigenvalue weighted by atomic mass is 10.2. The first-order chi connectivity index (χ1) is 9.52. The summed E-state index contributed by atoms with van der Waals surface area (Å²) >= 11 is 3.26. The van der Waals surface area contributed by atoms with Gasteiger partial charge in [0, 0.05) is 30.3 Å². The average Bonchev–Trinajstić information content (AvgIpc) is 2.75. The second-order valence-electron chi connectivity index (χ2n) is 4.91. The van der Waals surface area contributed by atoms with Crippen LogP contribution < -0.4 is 0 Å². The summed E-state index contributed by atoms with van der Waals surface area (Å²) in [4.78, 5) is 20.1. The number of carbonyl (C=O) groups excluding carboxylic acids is 1. The van der Waals surface area contributed by atoms with Crippen LogP contribution in [0, 0.1) is 0 Å². The van der Waals surface area contributed by atoms with Gasteiger partial charge in [-0.1, -0.05) is 6.08 Å². The molecule has 1 unspecified atom stereocenters. The van der Waals surface area contributed by atoms with E-state index in [1.165, 1.54) is 0 Å². The highest BCUT2D eigenvalue weighted by atomic mass is 79.9. The van der Waals surface area contributed by atoms with Gasteiger partial charge in [0.2, 0.25) is 5.91 Å². The minimum absolute atomic E-state index is 0.115. The van der Waals surface area contributed by atoms with Gasteiger partial charge in [0.15, 0.2) is 0 Å². The Labute approximate surface area is 127 Å². The second kappa shape index (κ2) is 6.37. The predicted molar refractivity (Wildman–Crippen MR) is 80.3 cm³/mol. The van der Waals surface area contributed by atoms with Gasteiger partial charge in [0.05, 0.1) is 11.7 Å². The minimum atomic E-state index is -0.153. The van der Waals surface area contributed by atoms with Crippen molar-refractivity contribution in [3.05, 3.63) is 35.1 Å². The van der Waals surface area contributed by atoms with Crippen LogP contribution in [-0.4, -0.2) is 52.0 Å². The smallest absolute Gasteiger partial charge is 0.240 e. The molecule has 1 aliphatic heterocycles. The van der Waals surface area contributed by atoms with Gasteiger partial charge < -0.3 is 10.0 Å². The van der Waals surface area contributed by atoms with Crippen molar-refractivity contribution >= 4 is 21.8 Å². The number of halogens is 1. The Morgan fingerprint density at radius 1 is 1.70 bits per heavy atom. The molecule has 1 fully saturated rings. The molecule has 0 radical (unpaired) electrons. The number of pyridine rings is 1. The zero-order chi connectivity index (χ0) is 14.7. The first-order valence-electron chi connectivity index (χ1n) is 6.46. The molecule has 5 nitrogen and oxygen atoms in total. The summed E-state index contributed by atoms with van der Waals surface area (Å²) in [6, 6.07) is 1.45. The van der Waals surface area contributed by atoms with Crippen molar-refractivity contribution in [2.75, 3.05) is 20.1 Å². The first kappa shape index (κ1) is 15.0. The third-order valence-corrected chi connectivity index (χ3v) is 3.90. The summed E-state index contributed by atoms with van der Waals surface area (Å²) in [6.45, 7) is 5.44. The van der Waals surface area contributed by atoms with Crippen molar-refractivity contribution in [2.45, 2.75) is 19.0 Å². The number of aromatic hydroxyl groups is 1. The molecule has 108 valence electrons. The second-order valence-corrected chi connectivity index (χ2v) is 5.83. The number of aromatic nitrogens is 1. The van der Waals surface area contributed by atoms with Crippen molar-refractivity contribution in [1.82, 2.24) is 14.8 Å². The zero-order valence-corrected chi connectivity index (χ0v) is 13.0. The third-order valence-electron chi connectivity index (χ3n) is 3.46. The van der Waals surface area contributed by atoms with Crippen LogP contribution in [0.1, 0.15) is 12.1 Å². The van der Waals surface area contributed by atoms with E-state index in [-0.39, 0.29) is 17.7 Å². The summed E-state index contributed by atoms with van der Waals surface area (Å²) in [5.41, 5.74) is 0.575. The Kier molecular flexibility index (Phi) is 4.77. The van der Waals surface area contributed by atoms with Crippen LogP contribution in [0.4, 0.5) is 0 Å². The van der Waals surface area contributed by atoms with Crippen molar-refractivity contribution in [3.63, 3.8) is 0 Å². The van der Waals surface area contributed by atoms with Crippen LogP contribution in [0.2, 0.25) is 0 Å². The Balaban J connectivity index is 2.03. The molecule has 2 rings (SSSR count). The van der Waals surface area contributed by atoms with E-state index in [1.807, 2.05) is 11.9 Å². The van der Waals surface area contributed by atoms with E-state index in [4.69, 9.17) is 0 Å². The molecule has 1 saturated heterocycles. The molecular formula is C14H18BrN3O2. The van der Waals surface area contributed by atoms with E-state index >= 15 is 0 Å². The summed E-state index contributed by atoms with van der Waals surface area (Å²) in [7, 11) is 1.88. The maximum absolute atomic E-state index is 12.2. The van der Waals surface area contributed by atoms with E-state index in [1.54, 1.807) is 23.2 Å². The quantitative estimate of drug-likeness (QED) is 0.830. The highest BCUT2D eigenvalue weighted by Gasteiger charge is 2.33. The standard InChI is InChI=1S/C14H18BrN3O2/c1-3-5-18-6-4-12(14(18)20)17(2)9-11-13(19)7-10(15)8-16-11/h3,7-8,12,19H,1,4-6,9H2,2H3. The largest absolute Gasteiger partial charge is 0.506 e. The van der Waals surface area contributed by atoms with Crippen LogP contribution >= 0.6 is 15.9 Å². The monoisotopic (exact) mass is 339 g/mol. The van der Waals surface area contributed by atoms with E-state index in [0.717, 1.165) is 17.4 Å². The molecule has 0 aliphatic carbocycles. The average molecular weight is 340 g/mol. The number of hydrogen-bond donors (Lipinski definition) is 1. The van der Waals surface area contributed by atoms with Gasteiger partial charge in [-0.15, -0.1) is 6.58 Å². The van der Waals surface area contributed by atoms with E-state index in [0.29, 0.717) is 18.8 Å². The number of amides is 1. The predicted octanol–water partition coefficient (Wildman–Crippen LogP) is 1.77. The van der Waals surface area contributed by atoms with Gasteiger partial charge in [-0.3, -0.25) is 14.7 Å². The van der Waals surface area contributed by atoms with Crippen LogP contribution in [0.5, 0.6) is 5.75 Å². The molecule has 1 N–H and O–H groups in total. The molecule has 6 heteroatoms. The van der Waals surface area contributed by atoms with E-state index in [9.17, 15) is 9.90 Å². The fourth-order valence-electron chi connectivity index (χ4n) is 2.39. The SMILES string of the molecule is C=CCN1CCC(N(C)Cc2ncc(Br)cc2O)C1=O. The molecule has 0 spiro atoms. The lowest BCUT2D eigenvalue weighted by molar-refractivity contribution is -0.131. The highest BCUT2D eigenvalue weighted by molar-refractivity contribution is 9.10. The number of nitrogens with zero attached hydrogens (tertiary/aromatic N) is 3. The molecule has 2 heterocycles. The molecule has 1 aromatic heterocycles. The van der Waals surface area contributed by atoms with Crippen LogP contribution in [-0.2, 0) is 11.3 Å². The fourth-order valence-corrected chi connectivity index (χ4v) is 2.71. The van der Waals surface area contributed by atoms with Gasteiger partial charge in [0.1, 0.15) is 5.75 Å². The topological polar surface area (TPSA) is 56.7 Å². The van der Waals surface area contributed by atoms with Gasteiger partial charge in [-0.25, -0.2) is 0 Å². The van der Waals surface area contributed by atoms with Crippen LogP contribution in [0.25, 0.3) is 0 Å². The van der Waals surface area contributed by atoms with Gasteiger partial charge in [0.25, 0.3) is 0 Å². The number of hydrogen-bond acceptors (Lipinski definition) is 4. The molecule has 20 heavy (non-hydrogen) atoms. The molecule has 1 aliphatic rings. The molecule has 1 aromatic rings. The van der Waals surface area contributed by atoms with Crippen molar-refractivity contribution in [1.29, 1.82) is 0 Å². The number of rotatable bonds is 5. The van der Waals surface area contributed by atoms with Gasteiger partial charge in [-0.2, -0.15) is 0 Å². The Morgan fingerprint density at radius 2 is 2.45 bits per heavy atom. The highest BCUT2D eigenvalue weighted by Crippen LogP contribution is 2.23. The van der Waals surface area contributed by atoms with Crippen LogP contribution in [0.3, 0.4) is 0 Å². The summed E-state index contributed by atoms with van der Waals surface area (Å²) in [5.74, 6) is 0.253. The van der Waals surface area contributed by atoms with Crippen LogP contribution in [0.15, 0.2) is 29.4 Å². The van der Waals surface area contributed by atoms with E-state index in [2.05, 4.69) is 27.5 Å². The van der Waals surface area contributed by atoms with Crippen molar-refractivity contribution < 1.29 is 9.90 Å². The maximum Gasteiger partial charge on any atom is 0.240 e. The molecule has 1 atom stereocenters. The molecule has 1 amide bonds. The lowest BCUT2D eigenvalue weighted by Gasteiger charge is -2.23. The fraction of sp³-hybridized carbons (Fsp3) is 0.429. The Morgan fingerprint density at radius 3 is 3.10 bits per heavy atom. The lowest BCUT2D eigenvalue weighted by Crippen LogP contribution is -2.39. The number of carbonyl (C=O) groups is 1. The van der Waals surface area contributed by atoms with E-state index < -0.39 is 0 Å². The Bertz CT molecular complexity index is 521. The normalized spacial score (nSPS) is 18.9. The van der Waals surface area contributed by atoms with Crippen molar-refractivity contribution in [3.8, 4) is 5.75 Å². The molecule has 0 saturated carbocycles. The Hall–Kier alpha value is -1.40. The minimum Gasteiger partial charge on any atom is -0.506 e. The molecule has 0 aromatic carbocycles. The third kappa shape index (κ3) is 3.19. The zero-order valence-electron chi connectivity index (χ0n) is 11.4. The first-order valence-corrected chi connectivity index (χ1v) is 7.25. The maximum atomic E-state index is 12.2. The number of likely N-dealkylation sites (N-methyl/N-ethyl adjacent to an activating group) is 1. The summed E-state index contributed by atoms with van der Waals surface area (Å²) < 4.78 is 0.732. The van der Waals surface area contributed by atoms with Crippen molar-refractivity contribution in [2.24, 2.45) is 0 Å². The summed E-state index contributed by atoms with van der Waals surface area (Å²) in [5, 5.41) is 9.86. The number of likely N-dealkylation sites (tertiary alicyclic amines) is 1. The molecule has 0 bridgehead atoms. The summed E-state index contributed by atoms with van der Waals surface area (Å²) in [6.07, 6.45) is 4.17.